The number of aliphatic hydroxyl groups is 1. The van der Waals surface area contributed by atoms with E-state index < -0.39 is 23.4 Å². The fraction of sp³-hybridized carbons (Fsp3) is 0.270. The molecule has 0 radical (unpaired) electrons. The van der Waals surface area contributed by atoms with Crippen LogP contribution in [-0.4, -0.2) is 50.1 Å². The van der Waals surface area contributed by atoms with Gasteiger partial charge >= 0.3 is 0 Å². The maximum Gasteiger partial charge on any atom is 0.282 e. The van der Waals surface area contributed by atoms with Crippen LogP contribution in [0, 0.1) is 5.82 Å². The second-order valence-electron chi connectivity index (χ2n) is 12.2. The number of amides is 1. The number of carbonyl (C=O) groups excluding carboxylic acids is 1. The second kappa shape index (κ2) is 14.3. The molecule has 2 aromatic carbocycles. The molecular formula is C37H39FN6O5. The number of aryl methyl sites for hydroxylation is 1. The van der Waals surface area contributed by atoms with E-state index in [0.29, 0.717) is 64.4 Å². The van der Waals surface area contributed by atoms with Gasteiger partial charge in [-0.05, 0) is 74.7 Å². The number of nitrogens with zero attached hydrogens (tertiary/aromatic N) is 4. The summed E-state index contributed by atoms with van der Waals surface area (Å²) in [5.74, 6) is -0.482. The summed E-state index contributed by atoms with van der Waals surface area (Å²) in [5.41, 5.74) is 1.94. The molecule has 0 bridgehead atoms. The molecule has 0 saturated heterocycles. The SMILES string of the molecule is C=C(C)c1cc(F)c2c(=O)n(-c3cccc(-c4cc(Nc5ccc(C(C)(C)C(=O)NCCOCC)cn5)c(=O)n(C)c4)c3CO)ncc2c1. The van der Waals surface area contributed by atoms with E-state index >= 15 is 4.39 Å². The molecule has 3 N–H and O–H groups in total. The van der Waals surface area contributed by atoms with E-state index in [4.69, 9.17) is 4.74 Å². The minimum atomic E-state index is -0.860. The zero-order valence-electron chi connectivity index (χ0n) is 28.1. The lowest BCUT2D eigenvalue weighted by atomic mass is 9.84. The predicted molar refractivity (Wildman–Crippen MR) is 189 cm³/mol. The van der Waals surface area contributed by atoms with E-state index in [1.54, 1.807) is 82.7 Å². The van der Waals surface area contributed by atoms with Gasteiger partial charge in [0.25, 0.3) is 11.1 Å². The molecule has 5 rings (SSSR count). The summed E-state index contributed by atoms with van der Waals surface area (Å²) in [6, 6.07) is 13.1. The van der Waals surface area contributed by atoms with Gasteiger partial charge < -0.3 is 25.0 Å². The van der Waals surface area contributed by atoms with Crippen molar-refractivity contribution >= 4 is 33.8 Å². The van der Waals surface area contributed by atoms with Gasteiger partial charge in [0.05, 0.1) is 35.9 Å². The quantitative estimate of drug-likeness (QED) is 0.158. The van der Waals surface area contributed by atoms with E-state index in [1.165, 1.54) is 16.8 Å². The molecule has 3 aromatic heterocycles. The van der Waals surface area contributed by atoms with Gasteiger partial charge in [-0.3, -0.25) is 14.4 Å². The summed E-state index contributed by atoms with van der Waals surface area (Å²) >= 11 is 0. The van der Waals surface area contributed by atoms with Gasteiger partial charge in [0.2, 0.25) is 5.91 Å². The molecule has 49 heavy (non-hydrogen) atoms. The van der Waals surface area contributed by atoms with Crippen LogP contribution in [0.1, 0.15) is 44.4 Å². The average molecular weight is 667 g/mol. The normalized spacial score (nSPS) is 11.5. The summed E-state index contributed by atoms with van der Waals surface area (Å²) < 4.78 is 22.9. The zero-order chi connectivity index (χ0) is 35.5. The Labute approximate surface area is 282 Å². The molecule has 0 aliphatic rings. The molecule has 0 aliphatic heterocycles. The van der Waals surface area contributed by atoms with E-state index in [1.807, 2.05) is 6.92 Å². The number of pyridine rings is 2. The highest BCUT2D eigenvalue weighted by molar-refractivity contribution is 5.87. The van der Waals surface area contributed by atoms with Gasteiger partial charge in [0, 0.05) is 49.1 Å². The van der Waals surface area contributed by atoms with Gasteiger partial charge in [-0.15, -0.1) is 0 Å². The summed E-state index contributed by atoms with van der Waals surface area (Å²) in [6.45, 7) is 12.0. The molecule has 0 atom stereocenters. The smallest absolute Gasteiger partial charge is 0.282 e. The fourth-order valence-electron chi connectivity index (χ4n) is 5.52. The van der Waals surface area contributed by atoms with Crippen LogP contribution in [0.2, 0.25) is 0 Å². The first-order valence-corrected chi connectivity index (χ1v) is 15.8. The lowest BCUT2D eigenvalue weighted by molar-refractivity contribution is -0.125. The number of aromatic nitrogens is 4. The van der Waals surface area contributed by atoms with Crippen molar-refractivity contribution in [2.24, 2.45) is 7.05 Å². The molecule has 0 fully saturated rings. The number of benzene rings is 2. The molecule has 5 aromatic rings. The van der Waals surface area contributed by atoms with Crippen molar-refractivity contribution in [3.8, 4) is 16.8 Å². The third kappa shape index (κ3) is 7.06. The van der Waals surface area contributed by atoms with Gasteiger partial charge in [0.1, 0.15) is 17.3 Å². The Morgan fingerprint density at radius 3 is 2.55 bits per heavy atom. The number of carbonyl (C=O) groups is 1. The van der Waals surface area contributed by atoms with Crippen molar-refractivity contribution in [2.75, 3.05) is 25.1 Å². The van der Waals surface area contributed by atoms with Crippen LogP contribution < -0.4 is 21.8 Å². The molecule has 0 saturated carbocycles. The Hall–Kier alpha value is -5.46. The Morgan fingerprint density at radius 2 is 1.88 bits per heavy atom. The summed E-state index contributed by atoms with van der Waals surface area (Å²) in [5, 5.41) is 21.0. The van der Waals surface area contributed by atoms with Crippen LogP contribution in [0.4, 0.5) is 15.9 Å². The lowest BCUT2D eigenvalue weighted by Crippen LogP contribution is -2.41. The molecule has 11 nitrogen and oxygen atoms in total. The van der Waals surface area contributed by atoms with Crippen LogP contribution in [0.5, 0.6) is 0 Å². The first-order chi connectivity index (χ1) is 23.4. The van der Waals surface area contributed by atoms with Crippen LogP contribution in [0.25, 0.3) is 33.2 Å². The molecule has 12 heteroatoms. The van der Waals surface area contributed by atoms with E-state index in [9.17, 15) is 19.5 Å². The molecule has 1 amide bonds. The number of ether oxygens (including phenoxy) is 1. The van der Waals surface area contributed by atoms with Crippen LogP contribution in [-0.2, 0) is 28.6 Å². The number of allylic oxidation sites excluding steroid dienone is 1. The summed E-state index contributed by atoms with van der Waals surface area (Å²) in [4.78, 5) is 44.1. The lowest BCUT2D eigenvalue weighted by Gasteiger charge is -2.24. The Bertz CT molecular complexity index is 2170. The topological polar surface area (TPSA) is 140 Å². The largest absolute Gasteiger partial charge is 0.392 e. The van der Waals surface area contributed by atoms with Crippen molar-refractivity contribution in [1.29, 1.82) is 0 Å². The number of halogens is 1. The van der Waals surface area contributed by atoms with Gasteiger partial charge in [0.15, 0.2) is 0 Å². The maximum absolute atomic E-state index is 15.2. The van der Waals surface area contributed by atoms with Crippen LogP contribution in [0.15, 0.2) is 83.3 Å². The maximum atomic E-state index is 15.2. The highest BCUT2D eigenvalue weighted by Gasteiger charge is 2.30. The standard InChI is InChI=1S/C37H39FN6O5/c1-7-49-14-13-39-36(48)37(4,5)26-11-12-32(40-19-26)42-30-17-25(20-43(6)34(30)46)27-9-8-10-31(28(27)21-45)44-35(47)33-24(18-41-44)15-23(22(2)3)16-29(33)38/h8-12,15-20,45H,2,7,13-14,21H2,1,3-6H3,(H,39,48)(H,40,42). The number of aliphatic hydroxyl groups excluding tert-OH is 1. The van der Waals surface area contributed by atoms with Crippen LogP contribution in [0.3, 0.4) is 0 Å². The van der Waals surface area contributed by atoms with Crippen molar-refractivity contribution in [3.63, 3.8) is 0 Å². The molecule has 0 aliphatic carbocycles. The third-order valence-electron chi connectivity index (χ3n) is 8.42. The fourth-order valence-corrected chi connectivity index (χ4v) is 5.52. The number of fused-ring (bicyclic) bond motifs is 1. The van der Waals surface area contributed by atoms with Gasteiger partial charge in [-0.2, -0.15) is 9.78 Å². The molecule has 0 spiro atoms. The molecule has 0 unspecified atom stereocenters. The van der Waals surface area contributed by atoms with Crippen molar-refractivity contribution in [3.05, 3.63) is 117 Å². The van der Waals surface area contributed by atoms with Crippen molar-refractivity contribution < 1.29 is 19.0 Å². The molecule has 3 heterocycles. The highest BCUT2D eigenvalue weighted by atomic mass is 19.1. The van der Waals surface area contributed by atoms with Crippen LogP contribution >= 0.6 is 0 Å². The minimum Gasteiger partial charge on any atom is -0.392 e. The van der Waals surface area contributed by atoms with Gasteiger partial charge in [-0.1, -0.05) is 30.4 Å². The van der Waals surface area contributed by atoms with E-state index in [2.05, 4.69) is 27.3 Å². The minimum absolute atomic E-state index is 0.132. The number of rotatable bonds is 12. The summed E-state index contributed by atoms with van der Waals surface area (Å²) in [7, 11) is 1.60. The number of hydrogen-bond acceptors (Lipinski definition) is 8. The highest BCUT2D eigenvalue weighted by Crippen LogP contribution is 2.30. The van der Waals surface area contributed by atoms with E-state index in [-0.39, 0.29) is 28.2 Å². The molecular weight excluding hydrogens is 627 g/mol. The number of nitrogens with one attached hydrogen (secondary N) is 2. The monoisotopic (exact) mass is 666 g/mol. The van der Waals surface area contributed by atoms with E-state index in [0.717, 1.165) is 4.68 Å². The second-order valence-corrected chi connectivity index (χ2v) is 12.2. The Balaban J connectivity index is 1.48. The first kappa shape index (κ1) is 34.9. The Morgan fingerprint density at radius 1 is 1.10 bits per heavy atom. The average Bonchev–Trinajstić information content (AvgIpc) is 3.08. The number of hydrogen-bond donors (Lipinski definition) is 3. The van der Waals surface area contributed by atoms with Crippen molar-refractivity contribution in [1.82, 2.24) is 24.6 Å². The van der Waals surface area contributed by atoms with Crippen molar-refractivity contribution in [2.45, 2.75) is 39.7 Å². The molecule has 254 valence electrons. The first-order valence-electron chi connectivity index (χ1n) is 15.8. The zero-order valence-corrected chi connectivity index (χ0v) is 28.1. The van der Waals surface area contributed by atoms with Gasteiger partial charge in [-0.25, -0.2) is 9.37 Å². The summed E-state index contributed by atoms with van der Waals surface area (Å²) in [6.07, 6.45) is 4.61. The number of anilines is 2. The third-order valence-corrected chi connectivity index (χ3v) is 8.42. The Kier molecular flexibility index (Phi) is 10.2. The predicted octanol–water partition coefficient (Wildman–Crippen LogP) is 4.98.